The molecule has 2 nitrogen and oxygen atoms in total. The van der Waals surface area contributed by atoms with Crippen LogP contribution in [0, 0.1) is 11.8 Å². The molecule has 2 fully saturated rings. The summed E-state index contributed by atoms with van der Waals surface area (Å²) in [5, 5.41) is 0. The van der Waals surface area contributed by atoms with E-state index in [0.29, 0.717) is 0 Å². The van der Waals surface area contributed by atoms with Crippen molar-refractivity contribution < 1.29 is 0 Å². The quantitative estimate of drug-likeness (QED) is 0.716. The smallest absolute Gasteiger partial charge is 0.0283 e. The molecule has 76 valence electrons. The van der Waals surface area contributed by atoms with Crippen LogP contribution in [-0.4, -0.2) is 30.1 Å². The van der Waals surface area contributed by atoms with Crippen LogP contribution in [-0.2, 0) is 0 Å². The Labute approximate surface area is 81.5 Å². The molecule has 0 amide bonds. The molecule has 2 aliphatic rings. The summed E-state index contributed by atoms with van der Waals surface area (Å²) in [6.07, 6.45) is 4.08. The lowest BCUT2D eigenvalue weighted by atomic mass is 9.97. The monoisotopic (exact) mass is 182 g/mol. The van der Waals surface area contributed by atoms with E-state index in [1.807, 2.05) is 0 Å². The van der Waals surface area contributed by atoms with E-state index in [0.717, 1.165) is 18.4 Å². The lowest BCUT2D eigenvalue weighted by Gasteiger charge is -2.30. The van der Waals surface area contributed by atoms with Gasteiger partial charge in [0.2, 0.25) is 0 Å². The van der Waals surface area contributed by atoms with E-state index in [4.69, 9.17) is 5.73 Å². The zero-order valence-corrected chi connectivity index (χ0v) is 8.92. The Kier molecular flexibility index (Phi) is 2.37. The van der Waals surface area contributed by atoms with Crippen LogP contribution in [0.25, 0.3) is 0 Å². The zero-order valence-electron chi connectivity index (χ0n) is 8.92. The van der Waals surface area contributed by atoms with E-state index < -0.39 is 0 Å². The number of rotatable bonds is 3. The van der Waals surface area contributed by atoms with Crippen molar-refractivity contribution in [1.82, 2.24) is 4.90 Å². The van der Waals surface area contributed by atoms with Gasteiger partial charge in [0.15, 0.2) is 0 Å². The van der Waals surface area contributed by atoms with Crippen molar-refractivity contribution in [2.45, 2.75) is 38.6 Å². The van der Waals surface area contributed by atoms with Gasteiger partial charge in [-0.05, 0) is 44.6 Å². The predicted octanol–water partition coefficient (Wildman–Crippen LogP) is 1.46. The maximum absolute atomic E-state index is 6.31. The van der Waals surface area contributed by atoms with Gasteiger partial charge in [0.25, 0.3) is 0 Å². The summed E-state index contributed by atoms with van der Waals surface area (Å²) in [5.74, 6) is 1.69. The molecule has 1 aliphatic carbocycles. The second-order valence-corrected chi connectivity index (χ2v) is 5.41. The molecule has 0 bridgehead atoms. The summed E-state index contributed by atoms with van der Waals surface area (Å²) in [5.41, 5.74) is 6.39. The highest BCUT2D eigenvalue weighted by atomic mass is 15.2. The van der Waals surface area contributed by atoms with E-state index in [1.165, 1.54) is 32.4 Å². The lowest BCUT2D eigenvalue weighted by molar-refractivity contribution is 0.233. The van der Waals surface area contributed by atoms with Crippen LogP contribution in [0.4, 0.5) is 0 Å². The third-order valence-electron chi connectivity index (χ3n) is 3.58. The van der Waals surface area contributed by atoms with Crippen LogP contribution in [0.1, 0.15) is 33.1 Å². The van der Waals surface area contributed by atoms with E-state index in [1.54, 1.807) is 0 Å². The summed E-state index contributed by atoms with van der Waals surface area (Å²) in [4.78, 5) is 2.54. The first-order chi connectivity index (χ1) is 6.08. The van der Waals surface area contributed by atoms with Crippen molar-refractivity contribution in [3.63, 3.8) is 0 Å². The zero-order chi connectivity index (χ0) is 9.47. The first-order valence-electron chi connectivity index (χ1n) is 5.59. The average molecular weight is 182 g/mol. The molecular formula is C11H22N2. The molecule has 2 heteroatoms. The van der Waals surface area contributed by atoms with Crippen LogP contribution < -0.4 is 5.73 Å². The maximum Gasteiger partial charge on any atom is 0.0283 e. The molecule has 0 aromatic heterocycles. The molecule has 2 unspecified atom stereocenters. The molecule has 1 aliphatic heterocycles. The molecular weight excluding hydrogens is 160 g/mol. The Bertz CT molecular complexity index is 185. The van der Waals surface area contributed by atoms with Gasteiger partial charge >= 0.3 is 0 Å². The van der Waals surface area contributed by atoms with Gasteiger partial charge in [-0.2, -0.15) is 0 Å². The van der Waals surface area contributed by atoms with Crippen molar-refractivity contribution >= 4 is 0 Å². The van der Waals surface area contributed by atoms with Crippen molar-refractivity contribution in [2.24, 2.45) is 17.6 Å². The number of nitrogens with two attached hydrogens (primary N) is 1. The number of hydrogen-bond donors (Lipinski definition) is 1. The molecule has 0 radical (unpaired) electrons. The Hall–Kier alpha value is -0.0800. The maximum atomic E-state index is 6.31. The topological polar surface area (TPSA) is 29.3 Å². The molecule has 0 aromatic rings. The lowest BCUT2D eigenvalue weighted by Crippen LogP contribution is -2.49. The van der Waals surface area contributed by atoms with Gasteiger partial charge < -0.3 is 10.6 Å². The third kappa shape index (κ3) is 2.23. The van der Waals surface area contributed by atoms with Gasteiger partial charge in [-0.15, -0.1) is 0 Å². The van der Waals surface area contributed by atoms with E-state index >= 15 is 0 Å². The molecule has 0 spiro atoms. The number of nitrogens with zero attached hydrogens (tertiary/aromatic N) is 1. The first kappa shape index (κ1) is 9.47. The Balaban J connectivity index is 1.82. The fourth-order valence-electron chi connectivity index (χ4n) is 2.52. The van der Waals surface area contributed by atoms with Crippen molar-refractivity contribution in [2.75, 3.05) is 19.6 Å². The van der Waals surface area contributed by atoms with Crippen LogP contribution in [0.5, 0.6) is 0 Å². The van der Waals surface area contributed by atoms with Gasteiger partial charge in [0, 0.05) is 18.6 Å². The Morgan fingerprint density at radius 1 is 1.38 bits per heavy atom. The normalized spacial score (nSPS) is 34.8. The van der Waals surface area contributed by atoms with Gasteiger partial charge in [-0.1, -0.05) is 6.92 Å². The Morgan fingerprint density at radius 3 is 2.54 bits per heavy atom. The molecule has 13 heavy (non-hydrogen) atoms. The van der Waals surface area contributed by atoms with E-state index in [9.17, 15) is 0 Å². The minimum Gasteiger partial charge on any atom is -0.324 e. The first-order valence-corrected chi connectivity index (χ1v) is 5.59. The highest BCUT2D eigenvalue weighted by Gasteiger charge is 2.40. The van der Waals surface area contributed by atoms with Crippen LogP contribution in [0.15, 0.2) is 0 Å². The summed E-state index contributed by atoms with van der Waals surface area (Å²) in [6, 6.07) is 0. The van der Waals surface area contributed by atoms with Crippen LogP contribution in [0.3, 0.4) is 0 Å². The molecule has 1 heterocycles. The van der Waals surface area contributed by atoms with Crippen LogP contribution in [0.2, 0.25) is 0 Å². The van der Waals surface area contributed by atoms with Crippen molar-refractivity contribution in [3.8, 4) is 0 Å². The van der Waals surface area contributed by atoms with E-state index in [2.05, 4.69) is 18.7 Å². The fourth-order valence-corrected chi connectivity index (χ4v) is 2.52. The largest absolute Gasteiger partial charge is 0.324 e. The van der Waals surface area contributed by atoms with E-state index in [-0.39, 0.29) is 5.54 Å². The minimum absolute atomic E-state index is 0.0874. The summed E-state index contributed by atoms with van der Waals surface area (Å²) in [7, 11) is 0. The van der Waals surface area contributed by atoms with Crippen molar-refractivity contribution in [1.29, 1.82) is 0 Å². The fraction of sp³-hybridized carbons (Fsp3) is 1.00. The molecule has 1 saturated carbocycles. The third-order valence-corrected chi connectivity index (χ3v) is 3.58. The van der Waals surface area contributed by atoms with Crippen molar-refractivity contribution in [3.05, 3.63) is 0 Å². The summed E-state index contributed by atoms with van der Waals surface area (Å²) in [6.45, 7) is 8.21. The molecule has 1 saturated heterocycles. The van der Waals surface area contributed by atoms with Gasteiger partial charge in [0.05, 0.1) is 0 Å². The SMILES string of the molecule is CC1CCN(CC(C)(N)C2CC2)C1. The second kappa shape index (κ2) is 3.25. The molecule has 2 rings (SSSR count). The molecule has 2 N–H and O–H groups in total. The standard InChI is InChI=1S/C11H22N2/c1-9-5-6-13(7-9)8-11(2,12)10-3-4-10/h9-10H,3-8,12H2,1-2H3. The predicted molar refractivity (Wildman–Crippen MR) is 55.5 cm³/mol. The molecule has 2 atom stereocenters. The van der Waals surface area contributed by atoms with Gasteiger partial charge in [0.1, 0.15) is 0 Å². The number of hydrogen-bond acceptors (Lipinski definition) is 2. The Morgan fingerprint density at radius 2 is 2.08 bits per heavy atom. The number of likely N-dealkylation sites (tertiary alicyclic amines) is 1. The minimum atomic E-state index is 0.0874. The van der Waals surface area contributed by atoms with Gasteiger partial charge in [-0.25, -0.2) is 0 Å². The molecule has 0 aromatic carbocycles. The van der Waals surface area contributed by atoms with Crippen LogP contribution >= 0.6 is 0 Å². The second-order valence-electron chi connectivity index (χ2n) is 5.41. The summed E-state index contributed by atoms with van der Waals surface area (Å²) < 4.78 is 0. The highest BCUT2D eigenvalue weighted by molar-refractivity contribution is 4.98. The highest BCUT2D eigenvalue weighted by Crippen LogP contribution is 2.38. The van der Waals surface area contributed by atoms with Gasteiger partial charge in [-0.3, -0.25) is 0 Å². The average Bonchev–Trinajstić information content (AvgIpc) is 2.78. The summed E-state index contributed by atoms with van der Waals surface area (Å²) >= 11 is 0.